The summed E-state index contributed by atoms with van der Waals surface area (Å²) < 4.78 is 11.4. The Morgan fingerprint density at radius 1 is 1.03 bits per heavy atom. The molecule has 0 atom stereocenters. The molecule has 182 valence electrons. The second kappa shape index (κ2) is 12.0. The fourth-order valence-electron chi connectivity index (χ4n) is 3.63. The second-order valence-electron chi connectivity index (χ2n) is 8.37. The molecular weight excluding hydrogens is 436 g/mol. The van der Waals surface area contributed by atoms with Gasteiger partial charge in [0.2, 0.25) is 0 Å². The van der Waals surface area contributed by atoms with Gasteiger partial charge in [-0.25, -0.2) is 0 Å². The molecule has 8 heteroatoms. The van der Waals surface area contributed by atoms with E-state index in [4.69, 9.17) is 9.47 Å². The molecule has 0 N–H and O–H groups in total. The highest BCUT2D eigenvalue weighted by Crippen LogP contribution is 2.29. The summed E-state index contributed by atoms with van der Waals surface area (Å²) >= 11 is 0. The van der Waals surface area contributed by atoms with Crippen molar-refractivity contribution >= 4 is 23.5 Å². The molecule has 0 heterocycles. The summed E-state index contributed by atoms with van der Waals surface area (Å²) in [6, 6.07) is 9.66. The first kappa shape index (κ1) is 26.6. The summed E-state index contributed by atoms with van der Waals surface area (Å²) in [6.07, 6.45) is 2.96. The number of hydrogen-bond acceptors (Lipinski definition) is 6. The molecule has 0 aliphatic rings. The van der Waals surface area contributed by atoms with E-state index in [2.05, 4.69) is 0 Å². The van der Waals surface area contributed by atoms with Gasteiger partial charge in [-0.05, 0) is 65.3 Å². The highest BCUT2D eigenvalue weighted by atomic mass is 16.6. The van der Waals surface area contributed by atoms with Crippen molar-refractivity contribution in [2.45, 2.75) is 53.6 Å². The minimum atomic E-state index is -0.505. The third-order valence-electron chi connectivity index (χ3n) is 5.14. The maximum atomic E-state index is 12.6. The number of hydrogen-bond donors (Lipinski definition) is 0. The van der Waals surface area contributed by atoms with Crippen LogP contribution in [-0.2, 0) is 4.79 Å². The van der Waals surface area contributed by atoms with Crippen LogP contribution in [0.3, 0.4) is 0 Å². The van der Waals surface area contributed by atoms with Crippen LogP contribution in [0.4, 0.5) is 5.69 Å². The lowest BCUT2D eigenvalue weighted by molar-refractivity contribution is -0.385. The summed E-state index contributed by atoms with van der Waals surface area (Å²) in [4.78, 5) is 37.5. The van der Waals surface area contributed by atoms with Gasteiger partial charge in [-0.2, -0.15) is 0 Å². The molecule has 0 saturated heterocycles. The summed E-state index contributed by atoms with van der Waals surface area (Å²) in [5, 5.41) is 11.1. The van der Waals surface area contributed by atoms with Crippen LogP contribution >= 0.6 is 0 Å². The summed E-state index contributed by atoms with van der Waals surface area (Å²) in [5.41, 5.74) is 1.31. The van der Waals surface area contributed by atoms with Gasteiger partial charge >= 0.3 is 0 Å². The maximum Gasteiger partial charge on any atom is 0.273 e. The molecule has 0 spiro atoms. The van der Waals surface area contributed by atoms with E-state index in [0.717, 1.165) is 0 Å². The lowest BCUT2D eigenvalue weighted by Crippen LogP contribution is -2.44. The second-order valence-corrected chi connectivity index (χ2v) is 8.37. The van der Waals surface area contributed by atoms with E-state index in [1.165, 1.54) is 12.1 Å². The lowest BCUT2D eigenvalue weighted by atomic mass is 10.1. The highest BCUT2D eigenvalue weighted by molar-refractivity contribution is 6.07. The molecule has 0 radical (unpaired) electrons. The predicted molar refractivity (Wildman–Crippen MR) is 131 cm³/mol. The number of nitrogens with zero attached hydrogens (tertiary/aromatic N) is 2. The van der Waals surface area contributed by atoms with Gasteiger partial charge in [0.1, 0.15) is 0 Å². The monoisotopic (exact) mass is 468 g/mol. The van der Waals surface area contributed by atoms with Crippen molar-refractivity contribution in [1.82, 2.24) is 4.90 Å². The molecule has 1 amide bonds. The number of benzene rings is 2. The van der Waals surface area contributed by atoms with Crippen LogP contribution in [-0.4, -0.2) is 46.8 Å². The number of carbonyl (C=O) groups is 2. The lowest BCUT2D eigenvalue weighted by Gasteiger charge is -2.30. The average Bonchev–Trinajstić information content (AvgIpc) is 2.76. The quantitative estimate of drug-likeness (QED) is 0.194. The minimum Gasteiger partial charge on any atom is -0.490 e. The zero-order valence-corrected chi connectivity index (χ0v) is 20.5. The van der Waals surface area contributed by atoms with Crippen molar-refractivity contribution in [1.29, 1.82) is 0 Å². The van der Waals surface area contributed by atoms with Crippen LogP contribution in [0.2, 0.25) is 0 Å². The Morgan fingerprint density at radius 2 is 1.71 bits per heavy atom. The van der Waals surface area contributed by atoms with Crippen LogP contribution in [0.5, 0.6) is 11.5 Å². The zero-order valence-electron chi connectivity index (χ0n) is 20.5. The van der Waals surface area contributed by atoms with Crippen molar-refractivity contribution in [3.05, 3.63) is 69.3 Å². The Balaban J connectivity index is 2.18. The molecule has 2 aromatic carbocycles. The number of nitro benzene ring substituents is 1. The van der Waals surface area contributed by atoms with Gasteiger partial charge in [0.15, 0.2) is 23.9 Å². The van der Waals surface area contributed by atoms with Crippen molar-refractivity contribution in [3.63, 3.8) is 0 Å². The SMILES string of the molecule is CCOc1cc(C=CC(=O)c2ccc(C)c([N+](=O)[O-])c2)ccc1OCC(=O)N(C(C)C)C(C)C. The molecule has 0 saturated carbocycles. The number of ether oxygens (including phenoxy) is 2. The third-order valence-corrected chi connectivity index (χ3v) is 5.14. The molecule has 2 rings (SSSR count). The average molecular weight is 469 g/mol. The molecule has 0 bridgehead atoms. The molecule has 2 aromatic rings. The normalized spacial score (nSPS) is 11.2. The van der Waals surface area contributed by atoms with Crippen LogP contribution in [0.1, 0.15) is 56.1 Å². The Hall–Kier alpha value is -3.68. The zero-order chi connectivity index (χ0) is 25.4. The smallest absolute Gasteiger partial charge is 0.273 e. The molecule has 0 unspecified atom stereocenters. The van der Waals surface area contributed by atoms with Crippen LogP contribution in [0.15, 0.2) is 42.5 Å². The summed E-state index contributed by atoms with van der Waals surface area (Å²) in [6.45, 7) is 11.6. The number of ketones is 1. The fourth-order valence-corrected chi connectivity index (χ4v) is 3.63. The van der Waals surface area contributed by atoms with Crippen LogP contribution in [0.25, 0.3) is 6.08 Å². The number of amides is 1. The molecule has 34 heavy (non-hydrogen) atoms. The Morgan fingerprint density at radius 3 is 2.29 bits per heavy atom. The number of aryl methyl sites for hydroxylation is 1. The molecule has 0 aliphatic carbocycles. The third kappa shape index (κ3) is 6.91. The first-order valence-electron chi connectivity index (χ1n) is 11.2. The molecular formula is C26H32N2O6. The summed E-state index contributed by atoms with van der Waals surface area (Å²) in [7, 11) is 0. The standard InChI is InChI=1S/C26H32N2O6/c1-7-33-25-14-20(9-12-23(29)21-11-8-19(6)22(15-21)28(31)32)10-13-24(25)34-16-26(30)27(17(2)3)18(4)5/h8-15,17-18H,7,16H2,1-6H3. The van der Waals surface area contributed by atoms with Gasteiger partial charge < -0.3 is 14.4 Å². The van der Waals surface area contributed by atoms with E-state index in [9.17, 15) is 19.7 Å². The van der Waals surface area contributed by atoms with E-state index in [-0.39, 0.29) is 41.6 Å². The molecule has 8 nitrogen and oxygen atoms in total. The first-order chi connectivity index (χ1) is 16.0. The van der Waals surface area contributed by atoms with Crippen molar-refractivity contribution in [2.75, 3.05) is 13.2 Å². The fraction of sp³-hybridized carbons (Fsp3) is 0.385. The van der Waals surface area contributed by atoms with Gasteiger partial charge in [0.25, 0.3) is 11.6 Å². The van der Waals surface area contributed by atoms with E-state index in [0.29, 0.717) is 29.2 Å². The number of allylic oxidation sites excluding steroid dienone is 1. The largest absolute Gasteiger partial charge is 0.490 e. The van der Waals surface area contributed by atoms with Crippen molar-refractivity contribution < 1.29 is 24.0 Å². The maximum absolute atomic E-state index is 12.6. The van der Waals surface area contributed by atoms with Gasteiger partial charge in [-0.15, -0.1) is 0 Å². The van der Waals surface area contributed by atoms with Gasteiger partial charge in [-0.3, -0.25) is 19.7 Å². The topological polar surface area (TPSA) is 99.0 Å². The van der Waals surface area contributed by atoms with Gasteiger partial charge in [-0.1, -0.05) is 24.3 Å². The van der Waals surface area contributed by atoms with Crippen LogP contribution in [0, 0.1) is 17.0 Å². The van der Waals surface area contributed by atoms with Gasteiger partial charge in [0.05, 0.1) is 11.5 Å². The van der Waals surface area contributed by atoms with Gasteiger partial charge in [0, 0.05) is 29.3 Å². The Kier molecular flexibility index (Phi) is 9.36. The first-order valence-corrected chi connectivity index (χ1v) is 11.2. The van der Waals surface area contributed by atoms with E-state index >= 15 is 0 Å². The number of nitro groups is 1. The number of carbonyl (C=O) groups excluding carboxylic acids is 2. The number of rotatable bonds is 11. The van der Waals surface area contributed by atoms with Crippen molar-refractivity contribution in [3.8, 4) is 11.5 Å². The molecule has 0 aliphatic heterocycles. The van der Waals surface area contributed by atoms with E-state index < -0.39 is 4.92 Å². The summed E-state index contributed by atoms with van der Waals surface area (Å²) in [5.74, 6) is 0.417. The molecule has 0 fully saturated rings. The van der Waals surface area contributed by atoms with Crippen molar-refractivity contribution in [2.24, 2.45) is 0 Å². The van der Waals surface area contributed by atoms with E-state index in [1.54, 1.807) is 48.2 Å². The Bertz CT molecular complexity index is 1070. The Labute approximate surface area is 200 Å². The molecule has 0 aromatic heterocycles. The highest BCUT2D eigenvalue weighted by Gasteiger charge is 2.21. The predicted octanol–water partition coefficient (Wildman–Crippen LogP) is 5.22. The minimum absolute atomic E-state index is 0.0578. The van der Waals surface area contributed by atoms with Crippen LogP contribution < -0.4 is 9.47 Å². The van der Waals surface area contributed by atoms with E-state index in [1.807, 2.05) is 34.6 Å².